The molecule has 3 aromatic rings. The SMILES string of the molecule is CCOc1ccc2cccnc2c1C(=O)N1CC2CC1[C@@H](Nc1ccc(C(F)(F)F)cn1)C2. The van der Waals surface area contributed by atoms with E-state index in [0.717, 1.165) is 30.5 Å². The molecule has 3 atom stereocenters. The molecule has 1 saturated heterocycles. The fourth-order valence-electron chi connectivity index (χ4n) is 5.00. The summed E-state index contributed by atoms with van der Waals surface area (Å²) in [5.41, 5.74) is 0.267. The molecule has 2 aromatic heterocycles. The van der Waals surface area contributed by atoms with Gasteiger partial charge in [0, 0.05) is 30.4 Å². The normalized spacial score (nSPS) is 22.1. The number of aromatic nitrogens is 2. The number of piperidine rings is 1. The maximum atomic E-state index is 13.7. The highest BCUT2D eigenvalue weighted by molar-refractivity contribution is 6.08. The monoisotopic (exact) mass is 456 g/mol. The number of likely N-dealkylation sites (tertiary alicyclic amines) is 1. The lowest BCUT2D eigenvalue weighted by Crippen LogP contribution is -2.48. The first kappa shape index (κ1) is 21.5. The molecule has 9 heteroatoms. The van der Waals surface area contributed by atoms with Crippen LogP contribution in [0, 0.1) is 5.92 Å². The van der Waals surface area contributed by atoms with Crippen LogP contribution in [0.5, 0.6) is 5.75 Å². The van der Waals surface area contributed by atoms with Gasteiger partial charge < -0.3 is 15.0 Å². The van der Waals surface area contributed by atoms with Crippen LogP contribution < -0.4 is 10.1 Å². The van der Waals surface area contributed by atoms with Crippen LogP contribution in [-0.4, -0.2) is 46.0 Å². The second-order valence-electron chi connectivity index (χ2n) is 8.49. The number of benzene rings is 1. The van der Waals surface area contributed by atoms with E-state index >= 15 is 0 Å². The van der Waals surface area contributed by atoms with Gasteiger partial charge in [-0.05, 0) is 56.0 Å². The Morgan fingerprint density at radius 2 is 2.03 bits per heavy atom. The van der Waals surface area contributed by atoms with E-state index < -0.39 is 11.7 Å². The third-order valence-corrected chi connectivity index (χ3v) is 6.42. The van der Waals surface area contributed by atoms with Gasteiger partial charge in [-0.25, -0.2) is 4.98 Å². The quantitative estimate of drug-likeness (QED) is 0.600. The van der Waals surface area contributed by atoms with Crippen molar-refractivity contribution in [3.63, 3.8) is 0 Å². The Labute approximate surface area is 188 Å². The van der Waals surface area contributed by atoms with Crippen LogP contribution in [0.15, 0.2) is 48.8 Å². The minimum Gasteiger partial charge on any atom is -0.493 e. The van der Waals surface area contributed by atoms with Crippen molar-refractivity contribution in [1.29, 1.82) is 0 Å². The van der Waals surface area contributed by atoms with Gasteiger partial charge in [0.2, 0.25) is 0 Å². The zero-order valence-electron chi connectivity index (χ0n) is 18.0. The van der Waals surface area contributed by atoms with Crippen molar-refractivity contribution in [1.82, 2.24) is 14.9 Å². The Morgan fingerprint density at radius 3 is 2.73 bits per heavy atom. The Kier molecular flexibility index (Phi) is 5.34. The van der Waals surface area contributed by atoms with Crippen molar-refractivity contribution >= 4 is 22.6 Å². The van der Waals surface area contributed by atoms with E-state index in [1.54, 1.807) is 12.3 Å². The highest BCUT2D eigenvalue weighted by Crippen LogP contribution is 2.41. The van der Waals surface area contributed by atoms with E-state index in [0.29, 0.717) is 41.7 Å². The van der Waals surface area contributed by atoms with Gasteiger partial charge in [-0.15, -0.1) is 0 Å². The number of carbonyl (C=O) groups is 1. The fourth-order valence-corrected chi connectivity index (χ4v) is 5.00. The van der Waals surface area contributed by atoms with Gasteiger partial charge in [-0.3, -0.25) is 9.78 Å². The minimum absolute atomic E-state index is 0.0833. The van der Waals surface area contributed by atoms with Crippen molar-refractivity contribution in [3.05, 3.63) is 59.9 Å². The van der Waals surface area contributed by atoms with E-state index in [4.69, 9.17) is 4.74 Å². The molecule has 172 valence electrons. The topological polar surface area (TPSA) is 67.3 Å². The number of pyridine rings is 2. The van der Waals surface area contributed by atoms with Gasteiger partial charge in [0.05, 0.1) is 23.7 Å². The van der Waals surface area contributed by atoms with Crippen LogP contribution in [0.3, 0.4) is 0 Å². The Morgan fingerprint density at radius 1 is 1.18 bits per heavy atom. The molecule has 1 aromatic carbocycles. The van der Waals surface area contributed by atoms with Gasteiger partial charge in [0.15, 0.2) is 0 Å². The zero-order chi connectivity index (χ0) is 23.2. The van der Waals surface area contributed by atoms with Crippen LogP contribution in [0.25, 0.3) is 10.9 Å². The fraction of sp³-hybridized carbons (Fsp3) is 0.375. The lowest BCUT2D eigenvalue weighted by atomic mass is 10.0. The van der Waals surface area contributed by atoms with E-state index in [-0.39, 0.29) is 18.0 Å². The number of amides is 1. The maximum Gasteiger partial charge on any atom is 0.417 e. The average Bonchev–Trinajstić information content (AvgIpc) is 3.39. The van der Waals surface area contributed by atoms with Crippen LogP contribution in [0.2, 0.25) is 0 Å². The number of nitrogens with zero attached hydrogens (tertiary/aromatic N) is 3. The number of ether oxygens (including phenoxy) is 1. The van der Waals surface area contributed by atoms with Gasteiger partial charge in [-0.1, -0.05) is 6.07 Å². The van der Waals surface area contributed by atoms with E-state index in [2.05, 4.69) is 15.3 Å². The summed E-state index contributed by atoms with van der Waals surface area (Å²) in [6, 6.07) is 9.61. The number of fused-ring (bicyclic) bond motifs is 3. The smallest absolute Gasteiger partial charge is 0.417 e. The zero-order valence-corrected chi connectivity index (χ0v) is 18.0. The largest absolute Gasteiger partial charge is 0.493 e. The molecular formula is C24H23F3N4O2. The van der Waals surface area contributed by atoms with Gasteiger partial charge in [0.25, 0.3) is 5.91 Å². The molecule has 1 N–H and O–H groups in total. The number of halogens is 3. The Balaban J connectivity index is 1.40. The predicted molar refractivity (Wildman–Crippen MR) is 117 cm³/mol. The average molecular weight is 456 g/mol. The van der Waals surface area contributed by atoms with Crippen molar-refractivity contribution in [3.8, 4) is 5.75 Å². The summed E-state index contributed by atoms with van der Waals surface area (Å²) in [7, 11) is 0. The van der Waals surface area contributed by atoms with Gasteiger partial charge >= 0.3 is 6.18 Å². The first-order valence-electron chi connectivity index (χ1n) is 11.0. The highest BCUT2D eigenvalue weighted by Gasteiger charge is 2.48. The van der Waals surface area contributed by atoms with Crippen molar-refractivity contribution in [2.45, 2.75) is 38.0 Å². The summed E-state index contributed by atoms with van der Waals surface area (Å²) in [6.07, 6.45) is -0.262. The molecule has 2 aliphatic rings. The number of hydrogen-bond donors (Lipinski definition) is 1. The van der Waals surface area contributed by atoms with Crippen LogP contribution in [-0.2, 0) is 6.18 Å². The molecule has 0 radical (unpaired) electrons. The van der Waals surface area contributed by atoms with Crippen molar-refractivity contribution < 1.29 is 22.7 Å². The van der Waals surface area contributed by atoms with E-state index in [9.17, 15) is 18.0 Å². The summed E-state index contributed by atoms with van der Waals surface area (Å²) in [4.78, 5) is 24.0. The summed E-state index contributed by atoms with van der Waals surface area (Å²) >= 11 is 0. The number of anilines is 1. The lowest BCUT2D eigenvalue weighted by Gasteiger charge is -2.34. The number of carbonyl (C=O) groups excluding carboxylic acids is 1. The second kappa shape index (κ2) is 8.20. The molecule has 2 bridgehead atoms. The molecule has 1 saturated carbocycles. The standard InChI is InChI=1S/C24H23F3N4O2/c1-2-33-19-7-5-15-4-3-9-28-22(15)21(19)23(32)31-13-14-10-17(18(31)11-14)30-20-8-6-16(12-29-20)24(25,26)27/h3-9,12,14,17-18H,2,10-11,13H2,1H3,(H,29,30)/t14?,17-,18?/m0/s1. The molecule has 2 unspecified atom stereocenters. The number of alkyl halides is 3. The first-order valence-corrected chi connectivity index (χ1v) is 11.0. The first-order chi connectivity index (χ1) is 15.8. The number of rotatable bonds is 5. The van der Waals surface area contributed by atoms with Crippen molar-refractivity contribution in [2.24, 2.45) is 5.92 Å². The molecule has 33 heavy (non-hydrogen) atoms. The Hall–Kier alpha value is -3.36. The van der Waals surface area contributed by atoms with Crippen LogP contribution in [0.4, 0.5) is 19.0 Å². The highest BCUT2D eigenvalue weighted by atomic mass is 19.4. The van der Waals surface area contributed by atoms with Crippen molar-refractivity contribution in [2.75, 3.05) is 18.5 Å². The maximum absolute atomic E-state index is 13.7. The van der Waals surface area contributed by atoms with E-state index in [1.165, 1.54) is 6.07 Å². The van der Waals surface area contributed by atoms with Gasteiger partial charge in [0.1, 0.15) is 17.1 Å². The molecule has 2 fully saturated rings. The summed E-state index contributed by atoms with van der Waals surface area (Å²) in [6.45, 7) is 2.93. The van der Waals surface area contributed by atoms with Crippen LogP contribution >= 0.6 is 0 Å². The predicted octanol–water partition coefficient (Wildman–Crippen LogP) is 4.76. The minimum atomic E-state index is -4.42. The number of nitrogens with one attached hydrogen (secondary N) is 1. The summed E-state index contributed by atoms with van der Waals surface area (Å²) < 4.78 is 44.2. The van der Waals surface area contributed by atoms with E-state index in [1.807, 2.05) is 30.0 Å². The third kappa shape index (κ3) is 3.96. The molecular weight excluding hydrogens is 433 g/mol. The number of hydrogen-bond acceptors (Lipinski definition) is 5. The lowest BCUT2D eigenvalue weighted by molar-refractivity contribution is -0.137. The molecule has 1 aliphatic heterocycles. The summed E-state index contributed by atoms with van der Waals surface area (Å²) in [5, 5.41) is 4.10. The Bertz CT molecular complexity index is 1180. The van der Waals surface area contributed by atoms with Crippen LogP contribution in [0.1, 0.15) is 35.7 Å². The summed E-state index contributed by atoms with van der Waals surface area (Å²) in [5.74, 6) is 1.06. The molecule has 1 aliphatic carbocycles. The second-order valence-corrected chi connectivity index (χ2v) is 8.49. The molecule has 1 amide bonds. The molecule has 6 nitrogen and oxygen atoms in total. The molecule has 0 spiro atoms. The molecule has 3 heterocycles. The van der Waals surface area contributed by atoms with Gasteiger partial charge in [-0.2, -0.15) is 13.2 Å². The molecule has 5 rings (SSSR count). The third-order valence-electron chi connectivity index (χ3n) is 6.42.